The Morgan fingerprint density at radius 1 is 1.33 bits per heavy atom. The number of nitriles is 1. The van der Waals surface area contributed by atoms with E-state index < -0.39 is 4.92 Å². The molecule has 0 atom stereocenters. The zero-order chi connectivity index (χ0) is 17.7. The van der Waals surface area contributed by atoms with E-state index in [0.29, 0.717) is 15.5 Å². The topological polar surface area (TPSA) is 92.9 Å². The Balaban J connectivity index is 2.40. The molecule has 0 heterocycles. The van der Waals surface area contributed by atoms with Crippen LogP contribution in [0.1, 0.15) is 5.56 Å². The Bertz CT molecular complexity index is 874. The van der Waals surface area contributed by atoms with Gasteiger partial charge in [-0.05, 0) is 42.0 Å². The molecule has 0 bridgehead atoms. The summed E-state index contributed by atoms with van der Waals surface area (Å²) in [4.78, 5) is 12.1. The fourth-order valence-corrected chi connectivity index (χ4v) is 2.94. The van der Waals surface area contributed by atoms with Crippen molar-refractivity contribution in [2.75, 3.05) is 0 Å². The van der Waals surface area contributed by atoms with Crippen molar-refractivity contribution in [2.24, 2.45) is 5.73 Å². The van der Waals surface area contributed by atoms with Crippen LogP contribution in [-0.4, -0.2) is 9.91 Å². The number of hydrogen-bond acceptors (Lipinski definition) is 5. The number of nitro benzene ring substituents is 1. The van der Waals surface area contributed by atoms with Crippen LogP contribution in [-0.2, 0) is 0 Å². The van der Waals surface area contributed by atoms with Crippen molar-refractivity contribution >= 4 is 52.3 Å². The van der Waals surface area contributed by atoms with Crippen molar-refractivity contribution in [2.45, 2.75) is 9.79 Å². The van der Waals surface area contributed by atoms with Crippen LogP contribution < -0.4 is 5.73 Å². The number of hydrogen-bond donors (Lipinski definition) is 1. The van der Waals surface area contributed by atoms with Gasteiger partial charge < -0.3 is 5.73 Å². The molecule has 5 nitrogen and oxygen atoms in total. The van der Waals surface area contributed by atoms with Crippen LogP contribution in [0.5, 0.6) is 0 Å². The van der Waals surface area contributed by atoms with E-state index in [-0.39, 0.29) is 16.2 Å². The Labute approximate surface area is 152 Å². The molecule has 0 amide bonds. The molecule has 24 heavy (non-hydrogen) atoms. The average Bonchev–Trinajstić information content (AvgIpc) is 2.55. The first-order chi connectivity index (χ1) is 11.4. The predicted molar refractivity (Wildman–Crippen MR) is 99.0 cm³/mol. The highest BCUT2D eigenvalue weighted by Gasteiger charge is 2.16. The second-order valence-electron chi connectivity index (χ2n) is 4.57. The smallest absolute Gasteiger partial charge is 0.283 e. The highest BCUT2D eigenvalue weighted by molar-refractivity contribution is 7.99. The zero-order valence-corrected chi connectivity index (χ0v) is 14.5. The molecule has 0 aromatic heterocycles. The van der Waals surface area contributed by atoms with Crippen molar-refractivity contribution in [3.05, 3.63) is 68.7 Å². The van der Waals surface area contributed by atoms with E-state index in [1.807, 2.05) is 6.07 Å². The summed E-state index contributed by atoms with van der Waals surface area (Å²) in [5, 5.41) is 20.9. The van der Waals surface area contributed by atoms with Crippen LogP contribution in [0, 0.1) is 21.4 Å². The number of nitrogens with two attached hydrogens (primary N) is 1. The predicted octanol–water partition coefficient (Wildman–Crippen LogP) is 4.59. The Hall–Kier alpha value is -2.40. The number of rotatable bonds is 5. The summed E-state index contributed by atoms with van der Waals surface area (Å²) >= 11 is 11.8. The van der Waals surface area contributed by atoms with Crippen LogP contribution in [0.4, 0.5) is 5.69 Å². The fraction of sp³-hybridized carbons (Fsp3) is 0. The Morgan fingerprint density at radius 3 is 2.54 bits per heavy atom. The number of halogens is 1. The van der Waals surface area contributed by atoms with Crippen LogP contribution in [0.25, 0.3) is 6.08 Å². The lowest BCUT2D eigenvalue weighted by atomic mass is 10.1. The molecule has 8 heteroatoms. The van der Waals surface area contributed by atoms with Gasteiger partial charge in [-0.3, -0.25) is 10.1 Å². The van der Waals surface area contributed by atoms with Crippen molar-refractivity contribution in [1.82, 2.24) is 0 Å². The molecule has 2 aromatic rings. The lowest BCUT2D eigenvalue weighted by molar-refractivity contribution is -0.387. The molecular weight excluding hydrogens is 366 g/mol. The minimum Gasteiger partial charge on any atom is -0.389 e. The maximum absolute atomic E-state index is 11.3. The van der Waals surface area contributed by atoms with E-state index in [4.69, 9.17) is 34.8 Å². The van der Waals surface area contributed by atoms with Gasteiger partial charge in [-0.15, -0.1) is 0 Å². The SMILES string of the molecule is N#C/C(=C\c1ccc(Sc2ccc(Cl)cc2)c([N+](=O)[O-])c1)C(N)=S. The van der Waals surface area contributed by atoms with Gasteiger partial charge in [-0.1, -0.05) is 41.6 Å². The van der Waals surface area contributed by atoms with E-state index in [0.717, 1.165) is 4.90 Å². The largest absolute Gasteiger partial charge is 0.389 e. The number of thiocarbonyl (C=S) groups is 1. The third-order valence-corrected chi connectivity index (χ3v) is 4.46. The van der Waals surface area contributed by atoms with Crippen LogP contribution in [0.15, 0.2) is 57.8 Å². The van der Waals surface area contributed by atoms with E-state index in [9.17, 15) is 10.1 Å². The molecule has 0 fully saturated rings. The van der Waals surface area contributed by atoms with E-state index in [2.05, 4.69) is 0 Å². The van der Waals surface area contributed by atoms with Gasteiger partial charge in [-0.2, -0.15) is 5.26 Å². The van der Waals surface area contributed by atoms with Gasteiger partial charge in [0.05, 0.1) is 15.4 Å². The summed E-state index contributed by atoms with van der Waals surface area (Å²) in [6, 6.07) is 13.5. The van der Waals surface area contributed by atoms with Crippen LogP contribution in [0.3, 0.4) is 0 Å². The summed E-state index contributed by atoms with van der Waals surface area (Å²) < 4.78 is 0. The quantitative estimate of drug-likeness (QED) is 0.270. The van der Waals surface area contributed by atoms with Gasteiger partial charge in [0.15, 0.2) is 0 Å². The van der Waals surface area contributed by atoms with Gasteiger partial charge in [0, 0.05) is 16.0 Å². The van der Waals surface area contributed by atoms with Crippen molar-refractivity contribution < 1.29 is 4.92 Å². The number of nitrogens with zero attached hydrogens (tertiary/aromatic N) is 2. The third-order valence-electron chi connectivity index (χ3n) is 2.92. The molecule has 0 saturated heterocycles. The first-order valence-electron chi connectivity index (χ1n) is 6.54. The summed E-state index contributed by atoms with van der Waals surface area (Å²) in [5.41, 5.74) is 5.94. The highest BCUT2D eigenvalue weighted by Crippen LogP contribution is 2.36. The van der Waals surface area contributed by atoms with Crippen LogP contribution in [0.2, 0.25) is 5.02 Å². The molecule has 0 aliphatic heterocycles. The zero-order valence-electron chi connectivity index (χ0n) is 12.1. The molecule has 2 rings (SSSR count). The second-order valence-corrected chi connectivity index (χ2v) is 6.57. The number of benzene rings is 2. The maximum Gasteiger partial charge on any atom is 0.283 e. The molecule has 0 aliphatic carbocycles. The molecule has 0 saturated carbocycles. The van der Waals surface area contributed by atoms with Gasteiger partial charge in [-0.25, -0.2) is 0 Å². The van der Waals surface area contributed by atoms with Gasteiger partial charge in [0.25, 0.3) is 5.69 Å². The van der Waals surface area contributed by atoms with Crippen molar-refractivity contribution in [3.63, 3.8) is 0 Å². The lowest BCUT2D eigenvalue weighted by Crippen LogP contribution is -2.09. The lowest BCUT2D eigenvalue weighted by Gasteiger charge is -2.05. The standard InChI is InChI=1S/C16H10ClN3O2S2/c17-12-2-4-13(5-3-12)24-15-6-1-10(8-14(15)20(21)22)7-11(9-18)16(19)23/h1-8H,(H2,19,23)/b11-7+. The minimum atomic E-state index is -0.470. The second kappa shape index (κ2) is 7.93. The van der Waals surface area contributed by atoms with Crippen molar-refractivity contribution in [1.29, 1.82) is 5.26 Å². The van der Waals surface area contributed by atoms with E-state index in [1.165, 1.54) is 23.9 Å². The summed E-state index contributed by atoms with van der Waals surface area (Å²) in [6.45, 7) is 0. The molecule has 0 spiro atoms. The Morgan fingerprint density at radius 2 is 2.00 bits per heavy atom. The van der Waals surface area contributed by atoms with Gasteiger partial charge in [0.1, 0.15) is 11.1 Å². The average molecular weight is 376 g/mol. The maximum atomic E-state index is 11.3. The molecule has 0 unspecified atom stereocenters. The third kappa shape index (κ3) is 4.55. The van der Waals surface area contributed by atoms with Gasteiger partial charge in [0.2, 0.25) is 0 Å². The normalized spacial score (nSPS) is 10.9. The highest BCUT2D eigenvalue weighted by atomic mass is 35.5. The fourth-order valence-electron chi connectivity index (χ4n) is 1.81. The van der Waals surface area contributed by atoms with E-state index in [1.54, 1.807) is 36.4 Å². The molecular formula is C16H10ClN3O2S2. The molecule has 2 N–H and O–H groups in total. The molecule has 2 aromatic carbocycles. The summed E-state index contributed by atoms with van der Waals surface area (Å²) in [5.74, 6) is 0. The van der Waals surface area contributed by atoms with E-state index >= 15 is 0 Å². The van der Waals surface area contributed by atoms with Crippen LogP contribution >= 0.6 is 35.6 Å². The first kappa shape index (κ1) is 17.9. The molecule has 0 aliphatic rings. The minimum absolute atomic E-state index is 0.0558. The summed E-state index contributed by atoms with van der Waals surface area (Å²) in [6.07, 6.45) is 1.42. The van der Waals surface area contributed by atoms with Crippen molar-refractivity contribution in [3.8, 4) is 6.07 Å². The number of nitro groups is 1. The van der Waals surface area contributed by atoms with Gasteiger partial charge >= 0.3 is 0 Å². The molecule has 0 radical (unpaired) electrons. The summed E-state index contributed by atoms with van der Waals surface area (Å²) in [7, 11) is 0. The monoisotopic (exact) mass is 375 g/mol. The first-order valence-corrected chi connectivity index (χ1v) is 8.14. The molecule has 120 valence electrons. The Kier molecular flexibility index (Phi) is 5.93.